The molecule has 0 bridgehead atoms. The molecule has 1 unspecified atom stereocenters. The summed E-state index contributed by atoms with van der Waals surface area (Å²) in [4.78, 5) is 8.92. The predicted molar refractivity (Wildman–Crippen MR) is 89.1 cm³/mol. The molecule has 1 N–H and O–H groups in total. The number of anilines is 1. The smallest absolute Gasteiger partial charge is 0.221 e. The number of aromatic nitrogens is 2. The minimum absolute atomic E-state index is 0.617. The Morgan fingerprint density at radius 1 is 1.10 bits per heavy atom. The third-order valence-corrected chi connectivity index (χ3v) is 3.75. The normalized spacial score (nSPS) is 12.2. The van der Waals surface area contributed by atoms with Gasteiger partial charge in [-0.3, -0.25) is 0 Å². The summed E-state index contributed by atoms with van der Waals surface area (Å²) in [6.45, 7) is 12.2. The maximum absolute atomic E-state index is 6.00. The van der Waals surface area contributed by atoms with E-state index in [0.29, 0.717) is 5.92 Å². The van der Waals surface area contributed by atoms with Crippen LogP contribution in [-0.4, -0.2) is 23.1 Å². The van der Waals surface area contributed by atoms with Crippen LogP contribution in [0.4, 0.5) is 5.82 Å². The average Bonchev–Trinajstić information content (AvgIpc) is 2.48. The molecule has 0 fully saturated rings. The monoisotopic (exact) mass is 293 g/mol. The second kappa shape index (κ2) is 9.59. The fourth-order valence-electron chi connectivity index (χ4n) is 2.25. The third kappa shape index (κ3) is 5.90. The van der Waals surface area contributed by atoms with E-state index < -0.39 is 0 Å². The third-order valence-electron chi connectivity index (χ3n) is 3.75. The summed E-state index contributed by atoms with van der Waals surface area (Å²) in [7, 11) is 0. The molecule has 0 saturated heterocycles. The molecule has 0 radical (unpaired) electrons. The van der Waals surface area contributed by atoms with Gasteiger partial charge in [-0.05, 0) is 32.6 Å². The van der Waals surface area contributed by atoms with E-state index in [9.17, 15) is 0 Å². The number of aryl methyl sites for hydroxylation is 1. The van der Waals surface area contributed by atoms with E-state index in [1.54, 1.807) is 0 Å². The molecule has 1 rings (SSSR count). The highest BCUT2D eigenvalue weighted by Gasteiger charge is 2.13. The highest BCUT2D eigenvalue weighted by molar-refractivity contribution is 5.48. The Labute approximate surface area is 129 Å². The zero-order valence-electron chi connectivity index (χ0n) is 14.3. The first kappa shape index (κ1) is 17.7. The molecule has 0 spiro atoms. The van der Waals surface area contributed by atoms with E-state index in [1.807, 2.05) is 13.8 Å². The van der Waals surface area contributed by atoms with Crippen LogP contribution in [0, 0.1) is 19.8 Å². The van der Waals surface area contributed by atoms with Gasteiger partial charge in [0.05, 0.1) is 12.2 Å². The molecule has 4 nitrogen and oxygen atoms in total. The Morgan fingerprint density at radius 3 is 2.48 bits per heavy atom. The van der Waals surface area contributed by atoms with Crippen molar-refractivity contribution in [2.24, 2.45) is 5.92 Å². The maximum atomic E-state index is 6.00. The fourth-order valence-corrected chi connectivity index (χ4v) is 2.25. The summed E-state index contributed by atoms with van der Waals surface area (Å²) in [5.74, 6) is 3.01. The van der Waals surface area contributed by atoms with E-state index in [2.05, 4.69) is 36.1 Å². The highest BCUT2D eigenvalue weighted by atomic mass is 16.5. The number of hydrogen-bond donors (Lipinski definition) is 1. The molecule has 0 aliphatic heterocycles. The van der Waals surface area contributed by atoms with Gasteiger partial charge in [-0.2, -0.15) is 4.98 Å². The van der Waals surface area contributed by atoms with Crippen LogP contribution in [0.25, 0.3) is 0 Å². The number of hydrogen-bond acceptors (Lipinski definition) is 4. The van der Waals surface area contributed by atoms with Gasteiger partial charge in [-0.1, -0.05) is 40.0 Å². The van der Waals surface area contributed by atoms with E-state index in [4.69, 9.17) is 4.74 Å². The van der Waals surface area contributed by atoms with Crippen LogP contribution in [-0.2, 0) is 0 Å². The minimum Gasteiger partial charge on any atom is -0.477 e. The van der Waals surface area contributed by atoms with Crippen molar-refractivity contribution in [2.75, 3.05) is 18.5 Å². The lowest BCUT2D eigenvalue weighted by Gasteiger charge is -2.17. The van der Waals surface area contributed by atoms with Gasteiger partial charge in [0.25, 0.3) is 0 Å². The van der Waals surface area contributed by atoms with Crippen LogP contribution < -0.4 is 10.1 Å². The molecule has 0 amide bonds. The largest absolute Gasteiger partial charge is 0.477 e. The molecule has 120 valence electrons. The van der Waals surface area contributed by atoms with Crippen LogP contribution >= 0.6 is 0 Å². The van der Waals surface area contributed by atoms with E-state index in [1.165, 1.54) is 19.3 Å². The van der Waals surface area contributed by atoms with E-state index >= 15 is 0 Å². The van der Waals surface area contributed by atoms with Gasteiger partial charge in [-0.15, -0.1) is 0 Å². The molecule has 0 aliphatic rings. The fraction of sp³-hybridized carbons (Fsp3) is 0.765. The van der Waals surface area contributed by atoms with Crippen molar-refractivity contribution in [3.8, 4) is 5.88 Å². The van der Waals surface area contributed by atoms with Crippen LogP contribution in [0.1, 0.15) is 64.3 Å². The quantitative estimate of drug-likeness (QED) is 0.689. The van der Waals surface area contributed by atoms with Gasteiger partial charge < -0.3 is 10.1 Å². The van der Waals surface area contributed by atoms with Crippen molar-refractivity contribution < 1.29 is 4.74 Å². The van der Waals surface area contributed by atoms with Crippen LogP contribution in [0.3, 0.4) is 0 Å². The van der Waals surface area contributed by atoms with Gasteiger partial charge >= 0.3 is 0 Å². The highest BCUT2D eigenvalue weighted by Crippen LogP contribution is 2.23. The topological polar surface area (TPSA) is 47.0 Å². The van der Waals surface area contributed by atoms with E-state index in [0.717, 1.165) is 49.1 Å². The van der Waals surface area contributed by atoms with Crippen molar-refractivity contribution in [2.45, 2.75) is 66.7 Å². The molecule has 4 heteroatoms. The number of ether oxygens (including phenoxy) is 1. The summed E-state index contributed by atoms with van der Waals surface area (Å²) in [6.07, 6.45) is 5.98. The van der Waals surface area contributed by atoms with Gasteiger partial charge in [0.1, 0.15) is 11.6 Å². The number of nitrogens with zero attached hydrogens (tertiary/aromatic N) is 2. The van der Waals surface area contributed by atoms with Crippen molar-refractivity contribution in [3.63, 3.8) is 0 Å². The number of rotatable bonds is 10. The zero-order valence-corrected chi connectivity index (χ0v) is 14.3. The van der Waals surface area contributed by atoms with E-state index in [-0.39, 0.29) is 0 Å². The molecule has 21 heavy (non-hydrogen) atoms. The minimum atomic E-state index is 0.617. The van der Waals surface area contributed by atoms with Gasteiger partial charge in [0.2, 0.25) is 5.88 Å². The molecule has 1 atom stereocenters. The maximum Gasteiger partial charge on any atom is 0.221 e. The second-order valence-electron chi connectivity index (χ2n) is 5.70. The Morgan fingerprint density at radius 2 is 1.86 bits per heavy atom. The average molecular weight is 293 g/mol. The van der Waals surface area contributed by atoms with Crippen LogP contribution in [0.2, 0.25) is 0 Å². The van der Waals surface area contributed by atoms with Crippen molar-refractivity contribution in [3.05, 3.63) is 11.4 Å². The number of unbranched alkanes of at least 4 members (excludes halogenated alkanes) is 1. The van der Waals surface area contributed by atoms with Gasteiger partial charge in [-0.25, -0.2) is 4.98 Å². The molecule has 1 aromatic heterocycles. The molecule has 0 saturated carbocycles. The van der Waals surface area contributed by atoms with Crippen LogP contribution in [0.15, 0.2) is 0 Å². The van der Waals surface area contributed by atoms with Gasteiger partial charge in [0.15, 0.2) is 0 Å². The predicted octanol–water partition coefficient (Wildman–Crippen LogP) is 4.51. The summed E-state index contributed by atoms with van der Waals surface area (Å²) in [6, 6.07) is 0. The summed E-state index contributed by atoms with van der Waals surface area (Å²) in [5, 5.41) is 3.35. The summed E-state index contributed by atoms with van der Waals surface area (Å²) >= 11 is 0. The number of nitrogens with one attached hydrogen (secondary N) is 1. The molecule has 1 heterocycles. The summed E-state index contributed by atoms with van der Waals surface area (Å²) < 4.78 is 6.00. The lowest BCUT2D eigenvalue weighted by molar-refractivity contribution is 0.224. The molecular weight excluding hydrogens is 262 g/mol. The molecule has 1 aromatic rings. The SMILES string of the molecule is CCCCC(CC)COc1nc(C)nc(NCCC)c1C. The molecule has 0 aliphatic carbocycles. The Balaban J connectivity index is 2.71. The standard InChI is InChI=1S/C17H31N3O/c1-6-9-10-15(8-3)12-21-17-13(4)16(18-11-7-2)19-14(5)20-17/h15H,6-12H2,1-5H3,(H,18,19,20). The first-order chi connectivity index (χ1) is 10.1. The van der Waals surface area contributed by atoms with Gasteiger partial charge in [0, 0.05) is 6.54 Å². The Bertz CT molecular complexity index is 421. The lowest BCUT2D eigenvalue weighted by atomic mass is 10.0. The van der Waals surface area contributed by atoms with Crippen molar-refractivity contribution >= 4 is 5.82 Å². The first-order valence-corrected chi connectivity index (χ1v) is 8.34. The van der Waals surface area contributed by atoms with Crippen molar-refractivity contribution in [1.82, 2.24) is 9.97 Å². The molecular formula is C17H31N3O. The van der Waals surface area contributed by atoms with Crippen LogP contribution in [0.5, 0.6) is 5.88 Å². The zero-order chi connectivity index (χ0) is 15.7. The first-order valence-electron chi connectivity index (χ1n) is 8.34. The summed E-state index contributed by atoms with van der Waals surface area (Å²) in [5.41, 5.74) is 1.01. The lowest BCUT2D eigenvalue weighted by Crippen LogP contribution is -2.14. The molecule has 0 aromatic carbocycles. The van der Waals surface area contributed by atoms with Crippen molar-refractivity contribution in [1.29, 1.82) is 0 Å². The second-order valence-corrected chi connectivity index (χ2v) is 5.70. The Hall–Kier alpha value is -1.32. The Kier molecular flexibility index (Phi) is 8.09.